The zero-order valence-corrected chi connectivity index (χ0v) is 10.4. The van der Waals surface area contributed by atoms with Gasteiger partial charge in [0.15, 0.2) is 0 Å². The van der Waals surface area contributed by atoms with Gasteiger partial charge in [0, 0.05) is 18.8 Å². The summed E-state index contributed by atoms with van der Waals surface area (Å²) in [6.07, 6.45) is 0. The van der Waals surface area contributed by atoms with Gasteiger partial charge >= 0.3 is 0 Å². The zero-order valence-electron chi connectivity index (χ0n) is 10.4. The third-order valence-electron chi connectivity index (χ3n) is 2.13. The lowest BCUT2D eigenvalue weighted by Crippen LogP contribution is -2.19. The molecule has 0 saturated carbocycles. The summed E-state index contributed by atoms with van der Waals surface area (Å²) in [5.74, 6) is 0.295. The van der Waals surface area contributed by atoms with Gasteiger partial charge in [0.05, 0.1) is 0 Å². The highest BCUT2D eigenvalue weighted by atomic mass is 16.5. The molecule has 0 bridgehead atoms. The predicted molar refractivity (Wildman–Crippen MR) is 68.6 cm³/mol. The molecule has 0 aliphatic heterocycles. The predicted octanol–water partition coefficient (Wildman–Crippen LogP) is 1.76. The largest absolute Gasteiger partial charge is 0.371 e. The minimum atomic E-state index is -0.139. The minimum Gasteiger partial charge on any atom is -0.371 e. The fraction of sp³-hybridized carbons (Fsp3) is 0.462. The molecule has 0 aliphatic carbocycles. The summed E-state index contributed by atoms with van der Waals surface area (Å²) in [7, 11) is 0. The molecule has 1 amide bonds. The Bertz CT molecular complexity index is 364. The average molecular weight is 236 g/mol. The Balaban J connectivity index is 2.39. The number of nitrogens with two attached hydrogens (primary N) is 1. The quantitative estimate of drug-likeness (QED) is 0.791. The molecule has 4 heteroatoms. The lowest BCUT2D eigenvalue weighted by atomic mass is 10.2. The zero-order chi connectivity index (χ0) is 12.7. The molecule has 0 aromatic heterocycles. The van der Waals surface area contributed by atoms with Gasteiger partial charge in [-0.1, -0.05) is 26.0 Å². The molecule has 0 radical (unpaired) electrons. The van der Waals surface area contributed by atoms with E-state index in [4.69, 9.17) is 10.5 Å². The summed E-state index contributed by atoms with van der Waals surface area (Å²) in [6, 6.07) is 7.48. The second-order valence-electron chi connectivity index (χ2n) is 4.36. The fourth-order valence-electron chi connectivity index (χ4n) is 1.36. The van der Waals surface area contributed by atoms with Crippen LogP contribution in [0.4, 0.5) is 5.69 Å². The van der Waals surface area contributed by atoms with Crippen molar-refractivity contribution in [1.29, 1.82) is 0 Å². The van der Waals surface area contributed by atoms with Crippen LogP contribution in [0.5, 0.6) is 0 Å². The topological polar surface area (TPSA) is 64.3 Å². The molecule has 4 nitrogen and oxygen atoms in total. The lowest BCUT2D eigenvalue weighted by molar-refractivity contribution is -0.120. The van der Waals surface area contributed by atoms with Crippen molar-refractivity contribution in [2.75, 3.05) is 18.5 Å². The number of hydrogen-bond acceptors (Lipinski definition) is 3. The molecule has 0 saturated heterocycles. The highest BCUT2D eigenvalue weighted by molar-refractivity contribution is 5.91. The number of amides is 1. The van der Waals surface area contributed by atoms with Gasteiger partial charge in [-0.05, 0) is 23.6 Å². The molecule has 0 heterocycles. The van der Waals surface area contributed by atoms with E-state index in [0.29, 0.717) is 19.1 Å². The van der Waals surface area contributed by atoms with Gasteiger partial charge in [-0.25, -0.2) is 0 Å². The maximum atomic E-state index is 11.5. The van der Waals surface area contributed by atoms with Crippen molar-refractivity contribution >= 4 is 11.6 Å². The third kappa shape index (κ3) is 5.47. The van der Waals surface area contributed by atoms with Gasteiger partial charge in [0.25, 0.3) is 0 Å². The van der Waals surface area contributed by atoms with Gasteiger partial charge < -0.3 is 15.8 Å². The first-order chi connectivity index (χ1) is 8.11. The number of benzene rings is 1. The van der Waals surface area contributed by atoms with Crippen LogP contribution in [-0.2, 0) is 16.1 Å². The molecule has 1 aromatic rings. The number of ether oxygens (including phenoxy) is 1. The van der Waals surface area contributed by atoms with Crippen LogP contribution in [0.1, 0.15) is 19.4 Å². The number of rotatable bonds is 6. The van der Waals surface area contributed by atoms with Crippen molar-refractivity contribution in [1.82, 2.24) is 0 Å². The average Bonchev–Trinajstić information content (AvgIpc) is 2.28. The Labute approximate surface area is 102 Å². The smallest absolute Gasteiger partial charge is 0.250 e. The van der Waals surface area contributed by atoms with E-state index in [1.54, 1.807) is 0 Å². The van der Waals surface area contributed by atoms with Crippen molar-refractivity contribution in [2.45, 2.75) is 20.4 Å². The van der Waals surface area contributed by atoms with Crippen LogP contribution in [0, 0.1) is 5.92 Å². The molecule has 3 N–H and O–H groups in total. The molecule has 0 unspecified atom stereocenters. The van der Waals surface area contributed by atoms with E-state index < -0.39 is 0 Å². The SMILES string of the molecule is CC(C)COCC(=O)Nc1cccc(CN)c1. The van der Waals surface area contributed by atoms with Crippen LogP contribution in [0.3, 0.4) is 0 Å². The summed E-state index contributed by atoms with van der Waals surface area (Å²) < 4.78 is 5.25. The van der Waals surface area contributed by atoms with E-state index in [1.165, 1.54) is 0 Å². The molecular weight excluding hydrogens is 216 g/mol. The molecule has 1 aromatic carbocycles. The van der Waals surface area contributed by atoms with E-state index in [1.807, 2.05) is 38.1 Å². The first kappa shape index (κ1) is 13.7. The summed E-state index contributed by atoms with van der Waals surface area (Å²) in [5.41, 5.74) is 7.27. The molecule has 1 rings (SSSR count). The Morgan fingerprint density at radius 1 is 1.47 bits per heavy atom. The van der Waals surface area contributed by atoms with Gasteiger partial charge in [0.2, 0.25) is 5.91 Å². The summed E-state index contributed by atoms with van der Waals surface area (Å²) in [4.78, 5) is 11.5. The Morgan fingerprint density at radius 2 is 2.24 bits per heavy atom. The first-order valence-electron chi connectivity index (χ1n) is 5.78. The third-order valence-corrected chi connectivity index (χ3v) is 2.13. The second kappa shape index (κ2) is 7.04. The number of nitrogens with one attached hydrogen (secondary N) is 1. The number of hydrogen-bond donors (Lipinski definition) is 2. The lowest BCUT2D eigenvalue weighted by Gasteiger charge is -2.08. The molecule has 0 fully saturated rings. The van der Waals surface area contributed by atoms with E-state index >= 15 is 0 Å². The molecule has 17 heavy (non-hydrogen) atoms. The highest BCUT2D eigenvalue weighted by Crippen LogP contribution is 2.09. The van der Waals surface area contributed by atoms with E-state index in [0.717, 1.165) is 11.3 Å². The summed E-state index contributed by atoms with van der Waals surface area (Å²) in [6.45, 7) is 5.24. The van der Waals surface area contributed by atoms with Crippen molar-refractivity contribution < 1.29 is 9.53 Å². The van der Waals surface area contributed by atoms with E-state index in [9.17, 15) is 4.79 Å². The van der Waals surface area contributed by atoms with E-state index in [2.05, 4.69) is 5.32 Å². The van der Waals surface area contributed by atoms with Gasteiger partial charge in [-0.2, -0.15) is 0 Å². The first-order valence-corrected chi connectivity index (χ1v) is 5.78. The van der Waals surface area contributed by atoms with Crippen LogP contribution in [0.15, 0.2) is 24.3 Å². The van der Waals surface area contributed by atoms with Crippen LogP contribution < -0.4 is 11.1 Å². The molecule has 0 atom stereocenters. The second-order valence-corrected chi connectivity index (χ2v) is 4.36. The fourth-order valence-corrected chi connectivity index (χ4v) is 1.36. The maximum Gasteiger partial charge on any atom is 0.250 e. The maximum absolute atomic E-state index is 11.5. The molecule has 0 spiro atoms. The molecular formula is C13H20N2O2. The summed E-state index contributed by atoms with van der Waals surface area (Å²) >= 11 is 0. The monoisotopic (exact) mass is 236 g/mol. The van der Waals surface area contributed by atoms with Crippen molar-refractivity contribution in [2.24, 2.45) is 11.7 Å². The van der Waals surface area contributed by atoms with Gasteiger partial charge in [0.1, 0.15) is 6.61 Å². The molecule has 0 aliphatic rings. The normalized spacial score (nSPS) is 10.6. The van der Waals surface area contributed by atoms with E-state index in [-0.39, 0.29) is 12.5 Å². The Morgan fingerprint density at radius 3 is 2.88 bits per heavy atom. The van der Waals surface area contributed by atoms with Crippen molar-refractivity contribution in [3.05, 3.63) is 29.8 Å². The Hall–Kier alpha value is -1.39. The number of anilines is 1. The Kier molecular flexibility index (Phi) is 5.66. The van der Waals surface area contributed by atoms with Crippen LogP contribution in [0.2, 0.25) is 0 Å². The number of carbonyl (C=O) groups excluding carboxylic acids is 1. The number of carbonyl (C=O) groups is 1. The van der Waals surface area contributed by atoms with Crippen molar-refractivity contribution in [3.63, 3.8) is 0 Å². The van der Waals surface area contributed by atoms with Crippen LogP contribution in [-0.4, -0.2) is 19.1 Å². The highest BCUT2D eigenvalue weighted by Gasteiger charge is 2.03. The molecule has 94 valence electrons. The van der Waals surface area contributed by atoms with Crippen molar-refractivity contribution in [3.8, 4) is 0 Å². The van der Waals surface area contributed by atoms with Gasteiger partial charge in [-0.3, -0.25) is 4.79 Å². The summed E-state index contributed by atoms with van der Waals surface area (Å²) in [5, 5.41) is 2.77. The van der Waals surface area contributed by atoms with Crippen LogP contribution >= 0.6 is 0 Å². The standard InChI is InChI=1S/C13H20N2O2/c1-10(2)8-17-9-13(16)15-12-5-3-4-11(6-12)7-14/h3-6,10H,7-9,14H2,1-2H3,(H,15,16). The van der Waals surface area contributed by atoms with Crippen LogP contribution in [0.25, 0.3) is 0 Å². The minimum absolute atomic E-state index is 0.0883. The van der Waals surface area contributed by atoms with Gasteiger partial charge in [-0.15, -0.1) is 0 Å².